The predicted octanol–water partition coefficient (Wildman–Crippen LogP) is 3.04. The quantitative estimate of drug-likeness (QED) is 0.444. The maximum absolute atomic E-state index is 12.9. The number of aromatic nitrogens is 3. The Morgan fingerprint density at radius 3 is 2.58 bits per heavy atom. The lowest BCUT2D eigenvalue weighted by Gasteiger charge is -2.41. The molecule has 1 aliphatic carbocycles. The molecule has 3 aromatic rings. The molecule has 5 N–H and O–H groups in total. The number of rotatable bonds is 3. The number of amides is 3. The molecule has 1 aromatic carbocycles. The van der Waals surface area contributed by atoms with Gasteiger partial charge >= 0.3 is 6.03 Å². The number of benzene rings is 1. The Hall–Kier alpha value is -3.82. The van der Waals surface area contributed by atoms with Crippen LogP contribution in [-0.4, -0.2) is 33.5 Å². The number of urea groups is 1. The van der Waals surface area contributed by atoms with Crippen LogP contribution in [0.25, 0.3) is 11.0 Å². The van der Waals surface area contributed by atoms with Crippen molar-refractivity contribution < 1.29 is 9.59 Å². The Morgan fingerprint density at radius 1 is 1.10 bits per heavy atom. The van der Waals surface area contributed by atoms with Crippen molar-refractivity contribution in [2.75, 3.05) is 23.1 Å². The lowest BCUT2D eigenvalue weighted by molar-refractivity contribution is -0.131. The number of nitrogens with one attached hydrogen (secondary N) is 5. The molecule has 0 unspecified atom stereocenters. The molecule has 2 aromatic heterocycles. The Balaban J connectivity index is 1.47. The van der Waals surface area contributed by atoms with Crippen LogP contribution >= 0.6 is 0 Å². The Kier molecular flexibility index (Phi) is 4.61. The van der Waals surface area contributed by atoms with Crippen molar-refractivity contribution in [1.29, 1.82) is 0 Å². The van der Waals surface area contributed by atoms with Gasteiger partial charge in [0.15, 0.2) is 0 Å². The lowest BCUT2D eigenvalue weighted by Crippen LogP contribution is -2.55. The summed E-state index contributed by atoms with van der Waals surface area (Å²) in [5.74, 6) is 1.26. The lowest BCUT2D eigenvalue weighted by atomic mass is 9.80. The highest BCUT2D eigenvalue weighted by atomic mass is 16.2. The van der Waals surface area contributed by atoms with Crippen LogP contribution in [0, 0.1) is 0 Å². The number of anilines is 4. The van der Waals surface area contributed by atoms with E-state index in [1.807, 2.05) is 22.8 Å². The van der Waals surface area contributed by atoms with E-state index in [0.717, 1.165) is 54.6 Å². The van der Waals surface area contributed by atoms with Gasteiger partial charge in [-0.2, -0.15) is 4.98 Å². The van der Waals surface area contributed by atoms with Crippen molar-refractivity contribution in [3.05, 3.63) is 36.5 Å². The van der Waals surface area contributed by atoms with Crippen LogP contribution in [0.1, 0.15) is 32.1 Å². The zero-order chi connectivity index (χ0) is 21.4. The number of hydrogen-bond acceptors (Lipinski definition) is 6. The van der Waals surface area contributed by atoms with Gasteiger partial charge in [-0.1, -0.05) is 19.3 Å². The van der Waals surface area contributed by atoms with Crippen LogP contribution in [0.4, 0.5) is 27.9 Å². The third-order valence-electron chi connectivity index (χ3n) is 6.00. The molecule has 1 spiro atoms. The first-order valence-electron chi connectivity index (χ1n) is 10.4. The normalized spacial score (nSPS) is 16.9. The zero-order valence-corrected chi connectivity index (χ0v) is 17.2. The van der Waals surface area contributed by atoms with Gasteiger partial charge in [-0.15, -0.1) is 0 Å². The Morgan fingerprint density at radius 2 is 1.84 bits per heavy atom. The van der Waals surface area contributed by atoms with E-state index >= 15 is 0 Å². The second kappa shape index (κ2) is 7.46. The summed E-state index contributed by atoms with van der Waals surface area (Å²) in [6.45, 7) is 0. The van der Waals surface area contributed by atoms with Crippen LogP contribution in [0.5, 0.6) is 0 Å². The predicted molar refractivity (Wildman–Crippen MR) is 118 cm³/mol. The molecule has 0 saturated heterocycles. The number of fused-ring (bicyclic) bond motifs is 4. The summed E-state index contributed by atoms with van der Waals surface area (Å²) in [7, 11) is 1.57. The Labute approximate surface area is 178 Å². The summed E-state index contributed by atoms with van der Waals surface area (Å²) in [5, 5.41) is 9.31. The topological polar surface area (TPSA) is 125 Å². The molecule has 10 heteroatoms. The Bertz CT molecular complexity index is 1150. The largest absolute Gasteiger partial charge is 0.341 e. The fraction of sp³-hybridized carbons (Fsp3) is 0.333. The van der Waals surface area contributed by atoms with Gasteiger partial charge in [0, 0.05) is 30.0 Å². The van der Waals surface area contributed by atoms with Crippen molar-refractivity contribution in [3.63, 3.8) is 0 Å². The SMILES string of the molecule is CNC(=O)Nc1ccc(Nc2ncc3cc4n(c3n2)C2(CCCCC2)C(=O)NN4)cc1. The van der Waals surface area contributed by atoms with Gasteiger partial charge in [0.1, 0.15) is 17.0 Å². The third kappa shape index (κ3) is 3.29. The smallest absolute Gasteiger partial charge is 0.318 e. The van der Waals surface area contributed by atoms with Crippen LogP contribution in [0.15, 0.2) is 36.5 Å². The van der Waals surface area contributed by atoms with E-state index in [1.165, 1.54) is 0 Å². The van der Waals surface area contributed by atoms with Crippen molar-refractivity contribution in [2.24, 2.45) is 0 Å². The molecule has 1 saturated carbocycles. The number of carbonyl (C=O) groups is 2. The molecule has 0 bridgehead atoms. The summed E-state index contributed by atoms with van der Waals surface area (Å²) in [6, 6.07) is 8.95. The maximum Gasteiger partial charge on any atom is 0.318 e. The van der Waals surface area contributed by atoms with Gasteiger partial charge in [-0.25, -0.2) is 9.78 Å². The van der Waals surface area contributed by atoms with Crippen LogP contribution in [-0.2, 0) is 10.3 Å². The van der Waals surface area contributed by atoms with E-state index in [1.54, 1.807) is 25.4 Å². The highest BCUT2D eigenvalue weighted by molar-refractivity contribution is 5.93. The zero-order valence-electron chi connectivity index (χ0n) is 17.2. The monoisotopic (exact) mass is 420 g/mol. The van der Waals surface area contributed by atoms with E-state index in [4.69, 9.17) is 4.98 Å². The summed E-state index contributed by atoms with van der Waals surface area (Å²) in [5.41, 5.74) is 7.42. The number of hydrazine groups is 1. The first-order valence-corrected chi connectivity index (χ1v) is 10.4. The fourth-order valence-electron chi connectivity index (χ4n) is 4.46. The minimum atomic E-state index is -0.612. The standard InChI is InChI=1S/C21H24N8O2/c1-22-20(31)25-15-7-5-14(6-8-15)24-19-23-12-13-11-16-27-28-18(30)21(9-3-2-4-10-21)29(16)17(13)26-19/h5-8,11-12,27H,2-4,9-10H2,1H3,(H,28,30)(H2,22,25,31)(H,23,24,26). The summed E-state index contributed by atoms with van der Waals surface area (Å²) >= 11 is 0. The van der Waals surface area contributed by atoms with Gasteiger partial charge in [-0.05, 0) is 43.2 Å². The van der Waals surface area contributed by atoms with Gasteiger partial charge in [0.05, 0.1) is 0 Å². The number of hydrogen-bond donors (Lipinski definition) is 5. The molecule has 10 nitrogen and oxygen atoms in total. The second-order valence-corrected chi connectivity index (χ2v) is 7.92. The molecule has 2 aliphatic rings. The van der Waals surface area contributed by atoms with Crippen molar-refractivity contribution >= 4 is 46.1 Å². The molecular formula is C21H24N8O2. The van der Waals surface area contributed by atoms with E-state index in [-0.39, 0.29) is 11.9 Å². The molecule has 5 rings (SSSR count). The third-order valence-corrected chi connectivity index (χ3v) is 6.00. The highest BCUT2D eigenvalue weighted by Gasteiger charge is 2.46. The summed E-state index contributed by atoms with van der Waals surface area (Å²) < 4.78 is 2.05. The summed E-state index contributed by atoms with van der Waals surface area (Å²) in [4.78, 5) is 33.5. The average Bonchev–Trinajstić information content (AvgIpc) is 3.17. The van der Waals surface area contributed by atoms with Crippen molar-refractivity contribution in [3.8, 4) is 0 Å². The second-order valence-electron chi connectivity index (χ2n) is 7.92. The van der Waals surface area contributed by atoms with Gasteiger partial charge < -0.3 is 16.0 Å². The van der Waals surface area contributed by atoms with E-state index in [0.29, 0.717) is 11.6 Å². The minimum Gasteiger partial charge on any atom is -0.341 e. The molecule has 0 radical (unpaired) electrons. The number of nitrogens with zero attached hydrogens (tertiary/aromatic N) is 3. The van der Waals surface area contributed by atoms with E-state index in [9.17, 15) is 9.59 Å². The molecule has 0 atom stereocenters. The first-order chi connectivity index (χ1) is 15.1. The van der Waals surface area contributed by atoms with Crippen LogP contribution in [0.3, 0.4) is 0 Å². The van der Waals surface area contributed by atoms with Crippen molar-refractivity contribution in [2.45, 2.75) is 37.6 Å². The van der Waals surface area contributed by atoms with E-state index in [2.05, 4.69) is 31.8 Å². The van der Waals surface area contributed by atoms with Gasteiger partial charge in [-0.3, -0.25) is 20.2 Å². The van der Waals surface area contributed by atoms with Gasteiger partial charge in [0.2, 0.25) is 5.95 Å². The molecule has 160 valence electrons. The van der Waals surface area contributed by atoms with Crippen LogP contribution < -0.4 is 26.8 Å². The van der Waals surface area contributed by atoms with Gasteiger partial charge in [0.25, 0.3) is 5.91 Å². The molecule has 3 amide bonds. The average molecular weight is 420 g/mol. The maximum atomic E-state index is 12.9. The minimum absolute atomic E-state index is 0.00970. The molecule has 1 aliphatic heterocycles. The summed E-state index contributed by atoms with van der Waals surface area (Å²) in [6.07, 6.45) is 6.52. The van der Waals surface area contributed by atoms with E-state index < -0.39 is 5.54 Å². The highest BCUT2D eigenvalue weighted by Crippen LogP contribution is 2.42. The molecular weight excluding hydrogens is 396 g/mol. The fourth-order valence-corrected chi connectivity index (χ4v) is 4.46. The molecule has 3 heterocycles. The first kappa shape index (κ1) is 19.2. The number of carbonyl (C=O) groups excluding carboxylic acids is 2. The van der Waals surface area contributed by atoms with Crippen LogP contribution in [0.2, 0.25) is 0 Å². The molecule has 1 fully saturated rings. The molecule has 31 heavy (non-hydrogen) atoms. The van der Waals surface area contributed by atoms with Crippen molar-refractivity contribution in [1.82, 2.24) is 25.3 Å².